The average Bonchev–Trinajstić information content (AvgIpc) is 1.82. The second-order valence-electron chi connectivity index (χ2n) is 3.84. The molecule has 0 aromatic heterocycles. The second kappa shape index (κ2) is 3.77. The van der Waals surface area contributed by atoms with E-state index in [0.717, 1.165) is 26.2 Å². The van der Waals surface area contributed by atoms with Gasteiger partial charge in [-0.25, -0.2) is 0 Å². The topological polar surface area (TPSA) is 12.5 Å². The van der Waals surface area contributed by atoms with Crippen molar-refractivity contribution in [3.63, 3.8) is 0 Å². The Balaban J connectivity index is 2.41. The largest absolute Gasteiger partial charge is 0.373 e. The third-order valence-corrected chi connectivity index (χ3v) is 2.02. The molecule has 0 bridgehead atoms. The van der Waals surface area contributed by atoms with Gasteiger partial charge in [0.25, 0.3) is 0 Å². The van der Waals surface area contributed by atoms with Gasteiger partial charge in [0.05, 0.1) is 12.2 Å². The summed E-state index contributed by atoms with van der Waals surface area (Å²) in [7, 11) is 0. The zero-order chi connectivity index (χ0) is 9.19. The number of halogens is 1. The van der Waals surface area contributed by atoms with Gasteiger partial charge in [0, 0.05) is 24.7 Å². The molecule has 0 saturated carbocycles. The van der Waals surface area contributed by atoms with Crippen molar-refractivity contribution >= 4 is 11.6 Å². The van der Waals surface area contributed by atoms with Crippen molar-refractivity contribution in [3.05, 3.63) is 11.6 Å². The first-order valence-electron chi connectivity index (χ1n) is 4.19. The quantitative estimate of drug-likeness (QED) is 0.658. The Hall–Kier alpha value is -0.0500. The maximum atomic E-state index is 5.73. The van der Waals surface area contributed by atoms with E-state index in [1.54, 1.807) is 0 Å². The zero-order valence-electron chi connectivity index (χ0n) is 7.77. The van der Waals surface area contributed by atoms with Crippen LogP contribution in [-0.2, 0) is 4.74 Å². The van der Waals surface area contributed by atoms with Crippen LogP contribution in [0.2, 0.25) is 0 Å². The molecule has 2 nitrogen and oxygen atoms in total. The molecular weight excluding hydrogens is 174 g/mol. The Morgan fingerprint density at radius 3 is 2.83 bits per heavy atom. The van der Waals surface area contributed by atoms with Crippen molar-refractivity contribution < 1.29 is 4.74 Å². The number of hydrogen-bond acceptors (Lipinski definition) is 2. The van der Waals surface area contributed by atoms with E-state index >= 15 is 0 Å². The smallest absolute Gasteiger partial charge is 0.0753 e. The van der Waals surface area contributed by atoms with Crippen molar-refractivity contribution in [1.29, 1.82) is 0 Å². The summed E-state index contributed by atoms with van der Waals surface area (Å²) in [5, 5.41) is 0.702. The average molecular weight is 190 g/mol. The molecule has 1 heterocycles. The first kappa shape index (κ1) is 10.0. The Bertz CT molecular complexity index is 179. The van der Waals surface area contributed by atoms with Gasteiger partial charge < -0.3 is 4.74 Å². The minimum atomic E-state index is -0.0371. The van der Waals surface area contributed by atoms with E-state index in [1.807, 2.05) is 0 Å². The minimum absolute atomic E-state index is 0.0371. The summed E-state index contributed by atoms with van der Waals surface area (Å²) >= 11 is 5.73. The van der Waals surface area contributed by atoms with E-state index in [4.69, 9.17) is 16.3 Å². The van der Waals surface area contributed by atoms with Crippen LogP contribution in [0, 0.1) is 0 Å². The molecule has 1 aliphatic heterocycles. The van der Waals surface area contributed by atoms with Gasteiger partial charge in [-0.15, -0.1) is 0 Å². The molecule has 1 aliphatic rings. The standard InChI is InChI=1S/C9H16ClNO/c1-8(10)6-11-4-5-12-9(2,3)7-11/h1,4-7H2,2-3H3. The Labute approximate surface area is 79.1 Å². The molecule has 1 rings (SSSR count). The van der Waals surface area contributed by atoms with Crippen LogP contribution in [0.3, 0.4) is 0 Å². The lowest BCUT2D eigenvalue weighted by Gasteiger charge is -2.37. The fourth-order valence-corrected chi connectivity index (χ4v) is 1.66. The molecule has 0 spiro atoms. The molecule has 0 aliphatic carbocycles. The Kier molecular flexibility index (Phi) is 3.16. The summed E-state index contributed by atoms with van der Waals surface area (Å²) in [6.07, 6.45) is 0. The fraction of sp³-hybridized carbons (Fsp3) is 0.778. The van der Waals surface area contributed by atoms with Gasteiger partial charge >= 0.3 is 0 Å². The first-order chi connectivity index (χ1) is 5.49. The van der Waals surface area contributed by atoms with Gasteiger partial charge in [-0.1, -0.05) is 18.2 Å². The van der Waals surface area contributed by atoms with E-state index in [0.29, 0.717) is 5.03 Å². The van der Waals surface area contributed by atoms with Crippen molar-refractivity contribution in [2.45, 2.75) is 19.4 Å². The Morgan fingerprint density at radius 2 is 2.33 bits per heavy atom. The second-order valence-corrected chi connectivity index (χ2v) is 4.37. The number of nitrogens with zero attached hydrogens (tertiary/aromatic N) is 1. The van der Waals surface area contributed by atoms with Crippen LogP contribution in [0.5, 0.6) is 0 Å². The number of morpholine rings is 1. The van der Waals surface area contributed by atoms with Crippen molar-refractivity contribution in [3.8, 4) is 0 Å². The first-order valence-corrected chi connectivity index (χ1v) is 4.57. The Morgan fingerprint density at radius 1 is 1.67 bits per heavy atom. The summed E-state index contributed by atoms with van der Waals surface area (Å²) in [4.78, 5) is 2.26. The highest BCUT2D eigenvalue weighted by atomic mass is 35.5. The summed E-state index contributed by atoms with van der Waals surface area (Å²) in [5.74, 6) is 0. The van der Waals surface area contributed by atoms with Gasteiger partial charge in [0.2, 0.25) is 0 Å². The molecule has 0 aromatic carbocycles. The van der Waals surface area contributed by atoms with Crippen LogP contribution in [-0.4, -0.2) is 36.7 Å². The van der Waals surface area contributed by atoms with E-state index in [-0.39, 0.29) is 5.60 Å². The summed E-state index contributed by atoms with van der Waals surface area (Å²) in [6, 6.07) is 0. The molecule has 0 atom stereocenters. The molecule has 12 heavy (non-hydrogen) atoms. The van der Waals surface area contributed by atoms with Gasteiger partial charge in [-0.2, -0.15) is 0 Å². The summed E-state index contributed by atoms with van der Waals surface area (Å²) < 4.78 is 5.56. The van der Waals surface area contributed by atoms with E-state index < -0.39 is 0 Å². The normalized spacial score (nSPS) is 23.9. The van der Waals surface area contributed by atoms with Gasteiger partial charge in [-0.3, -0.25) is 4.90 Å². The van der Waals surface area contributed by atoms with E-state index in [1.165, 1.54) is 0 Å². The molecule has 70 valence electrons. The highest BCUT2D eigenvalue weighted by molar-refractivity contribution is 6.29. The zero-order valence-corrected chi connectivity index (χ0v) is 8.52. The third kappa shape index (κ3) is 3.13. The van der Waals surface area contributed by atoms with Crippen molar-refractivity contribution in [2.75, 3.05) is 26.2 Å². The van der Waals surface area contributed by atoms with E-state index in [2.05, 4.69) is 25.3 Å². The SMILES string of the molecule is C=C(Cl)CN1CCOC(C)(C)C1. The van der Waals surface area contributed by atoms with Crippen LogP contribution >= 0.6 is 11.6 Å². The number of hydrogen-bond donors (Lipinski definition) is 0. The third-order valence-electron chi connectivity index (χ3n) is 1.90. The molecular formula is C9H16ClNO. The van der Waals surface area contributed by atoms with Crippen LogP contribution in [0.4, 0.5) is 0 Å². The van der Waals surface area contributed by atoms with Gasteiger partial charge in [0.15, 0.2) is 0 Å². The fourth-order valence-electron chi connectivity index (χ4n) is 1.49. The van der Waals surface area contributed by atoms with Gasteiger partial charge in [-0.05, 0) is 13.8 Å². The molecule has 3 heteroatoms. The molecule has 1 fully saturated rings. The lowest BCUT2D eigenvalue weighted by Crippen LogP contribution is -2.48. The molecule has 0 radical (unpaired) electrons. The predicted molar refractivity (Wildman–Crippen MR) is 51.5 cm³/mol. The molecule has 0 N–H and O–H groups in total. The number of rotatable bonds is 2. The molecule has 1 saturated heterocycles. The van der Waals surface area contributed by atoms with Gasteiger partial charge in [0.1, 0.15) is 0 Å². The lowest BCUT2D eigenvalue weighted by atomic mass is 10.1. The van der Waals surface area contributed by atoms with Crippen LogP contribution < -0.4 is 0 Å². The van der Waals surface area contributed by atoms with E-state index in [9.17, 15) is 0 Å². The maximum absolute atomic E-state index is 5.73. The highest BCUT2D eigenvalue weighted by Gasteiger charge is 2.26. The lowest BCUT2D eigenvalue weighted by molar-refractivity contribution is -0.0831. The molecule has 0 unspecified atom stereocenters. The number of ether oxygens (including phenoxy) is 1. The summed E-state index contributed by atoms with van der Waals surface area (Å²) in [6.45, 7) is 11.3. The van der Waals surface area contributed by atoms with Crippen LogP contribution in [0.15, 0.2) is 11.6 Å². The van der Waals surface area contributed by atoms with Crippen LogP contribution in [0.1, 0.15) is 13.8 Å². The highest BCUT2D eigenvalue weighted by Crippen LogP contribution is 2.17. The minimum Gasteiger partial charge on any atom is -0.373 e. The van der Waals surface area contributed by atoms with Crippen LogP contribution in [0.25, 0.3) is 0 Å². The van der Waals surface area contributed by atoms with Crippen molar-refractivity contribution in [2.24, 2.45) is 0 Å². The maximum Gasteiger partial charge on any atom is 0.0753 e. The summed E-state index contributed by atoms with van der Waals surface area (Å²) in [5.41, 5.74) is -0.0371. The molecule has 0 aromatic rings. The van der Waals surface area contributed by atoms with Crippen molar-refractivity contribution in [1.82, 2.24) is 4.90 Å². The predicted octanol–water partition coefficient (Wildman–Crippen LogP) is 1.85. The molecule has 0 amide bonds. The monoisotopic (exact) mass is 189 g/mol.